The number of alkyl halides is 2. The van der Waals surface area contributed by atoms with Crippen molar-refractivity contribution in [3.8, 4) is 0 Å². The predicted molar refractivity (Wildman–Crippen MR) is 203 cm³/mol. The van der Waals surface area contributed by atoms with E-state index in [2.05, 4.69) is 25.7 Å². The third kappa shape index (κ3) is 6.19. The number of carbonyl (C=O) groups is 5. The molecule has 3 N–H and O–H groups in total. The Kier molecular flexibility index (Phi) is 8.72. The van der Waals surface area contributed by atoms with Gasteiger partial charge in [0.15, 0.2) is 0 Å². The maximum absolute atomic E-state index is 16.1. The number of carbonyl (C=O) groups excluding carboxylic acids is 5. The molecule has 1 aliphatic carbocycles. The molecule has 3 atom stereocenters. The lowest BCUT2D eigenvalue weighted by Crippen LogP contribution is -2.66. The zero-order valence-electron chi connectivity index (χ0n) is 32.0. The van der Waals surface area contributed by atoms with Gasteiger partial charge < -0.3 is 10.2 Å². The Morgan fingerprint density at radius 3 is 2.31 bits per heavy atom. The van der Waals surface area contributed by atoms with Gasteiger partial charge in [-0.15, -0.1) is 0 Å². The highest BCUT2D eigenvalue weighted by molar-refractivity contribution is 6.23. The van der Waals surface area contributed by atoms with Crippen molar-refractivity contribution in [1.29, 1.82) is 0 Å². The summed E-state index contributed by atoms with van der Waals surface area (Å²) in [6.07, 6.45) is 0.994. The van der Waals surface area contributed by atoms with E-state index in [1.165, 1.54) is 17.0 Å². The minimum absolute atomic E-state index is 0.0188. The molecule has 17 heteroatoms. The molecular formula is C42H40F4N8O5. The van der Waals surface area contributed by atoms with Crippen LogP contribution >= 0.6 is 0 Å². The van der Waals surface area contributed by atoms with Crippen LogP contribution in [-0.4, -0.2) is 110 Å². The molecule has 5 aliphatic heterocycles. The van der Waals surface area contributed by atoms with E-state index in [4.69, 9.17) is 0 Å². The van der Waals surface area contributed by atoms with Gasteiger partial charge in [-0.2, -0.15) is 5.10 Å². The van der Waals surface area contributed by atoms with E-state index >= 15 is 8.78 Å². The molecule has 59 heavy (non-hydrogen) atoms. The van der Waals surface area contributed by atoms with Gasteiger partial charge in [0.25, 0.3) is 18.2 Å². The topological polar surface area (TPSA) is 151 Å². The van der Waals surface area contributed by atoms with E-state index in [0.29, 0.717) is 25.1 Å². The number of aromatic nitrogens is 2. The first-order valence-electron chi connectivity index (χ1n) is 19.9. The van der Waals surface area contributed by atoms with Crippen molar-refractivity contribution in [2.24, 2.45) is 5.41 Å². The number of halogens is 4. The van der Waals surface area contributed by atoms with Crippen LogP contribution in [0.1, 0.15) is 87.2 Å². The third-order valence-electron chi connectivity index (χ3n) is 13.2. The van der Waals surface area contributed by atoms with Crippen LogP contribution in [0.2, 0.25) is 0 Å². The van der Waals surface area contributed by atoms with Gasteiger partial charge in [0.05, 0.1) is 42.0 Å². The highest BCUT2D eigenvalue weighted by Gasteiger charge is 2.53. The van der Waals surface area contributed by atoms with Crippen LogP contribution in [0.3, 0.4) is 0 Å². The fourth-order valence-electron chi connectivity index (χ4n) is 10.5. The molecule has 4 aromatic rings. The maximum Gasteiger partial charge on any atom is 0.262 e. The van der Waals surface area contributed by atoms with E-state index in [9.17, 15) is 32.8 Å². The first kappa shape index (κ1) is 37.6. The number of nitrogens with one attached hydrogen (secondary N) is 3. The van der Waals surface area contributed by atoms with Crippen LogP contribution < -0.4 is 10.6 Å². The van der Waals surface area contributed by atoms with Crippen LogP contribution in [0.15, 0.2) is 42.6 Å². The quantitative estimate of drug-likeness (QED) is 0.175. The second-order valence-electron chi connectivity index (χ2n) is 17.1. The SMILES string of the molecule is C[C@@H]1Cc2c(ccc3[nH]ncc23)[C@@H](c2c(F)cc(NC3CC4(C3)CN(CC(=O)N3Cc5cc6c(cc5C3)C(=O)N(C3CCC(=O)NC3=O)C6=O)C4)cc2F)N1CC(F)F. The minimum Gasteiger partial charge on any atom is -0.382 e. The van der Waals surface area contributed by atoms with Gasteiger partial charge in [0, 0.05) is 61.3 Å². The first-order valence-corrected chi connectivity index (χ1v) is 19.9. The van der Waals surface area contributed by atoms with Gasteiger partial charge in [-0.3, -0.25) is 49.1 Å². The fourth-order valence-corrected chi connectivity index (χ4v) is 10.5. The number of hydrogen-bond donors (Lipinski definition) is 3. The highest BCUT2D eigenvalue weighted by atomic mass is 19.3. The lowest BCUT2D eigenvalue weighted by molar-refractivity contribution is -0.139. The maximum atomic E-state index is 16.1. The van der Waals surface area contributed by atoms with Crippen LogP contribution in [0.4, 0.5) is 23.2 Å². The Morgan fingerprint density at radius 2 is 1.66 bits per heavy atom. The molecule has 13 nitrogen and oxygen atoms in total. The number of amides is 5. The molecule has 5 amide bonds. The Hall–Kier alpha value is -5.68. The minimum atomic E-state index is -2.69. The number of benzene rings is 3. The summed E-state index contributed by atoms with van der Waals surface area (Å²) in [4.78, 5) is 70.1. The van der Waals surface area contributed by atoms with Crippen LogP contribution in [0.25, 0.3) is 10.9 Å². The zero-order valence-corrected chi connectivity index (χ0v) is 32.0. The number of fused-ring (bicyclic) bond motifs is 5. The number of hydrogen-bond acceptors (Lipinski definition) is 9. The van der Waals surface area contributed by atoms with E-state index in [1.807, 2.05) is 0 Å². The standard InChI is InChI=1S/C42H40F4N8O5/c1-20-6-26-25(2-3-32-29(26)13-47-50-32)38(53(20)16-34(45)46)37-30(43)9-23(10-31(37)44)48-24-11-42(12-24)18-51(19-42)17-36(56)52-14-21-7-27-28(8-22(21)15-52)41(59)54(40(27)58)33-4-5-35(55)49-39(33)57/h2-3,7-10,13,20,24,33-34,38,48H,4-6,11-12,14-19H2,1H3,(H,47,50)(H,49,55,57)/t20-,33?,38+/m1/s1. The Labute approximate surface area is 335 Å². The van der Waals surface area contributed by atoms with Crippen molar-refractivity contribution in [2.75, 3.05) is 31.5 Å². The largest absolute Gasteiger partial charge is 0.382 e. The molecule has 0 radical (unpaired) electrons. The Balaban J connectivity index is 0.750. The molecule has 1 unspecified atom stereocenters. The molecule has 1 aromatic heterocycles. The summed E-state index contributed by atoms with van der Waals surface area (Å²) < 4.78 is 59.8. The molecule has 3 aromatic carbocycles. The lowest BCUT2D eigenvalue weighted by atomic mass is 9.60. The number of nitrogens with zero attached hydrogens (tertiary/aromatic N) is 5. The van der Waals surface area contributed by atoms with Gasteiger partial charge in [0.1, 0.15) is 17.7 Å². The van der Waals surface area contributed by atoms with E-state index in [0.717, 1.165) is 45.3 Å². The van der Waals surface area contributed by atoms with Crippen molar-refractivity contribution in [1.82, 2.24) is 35.1 Å². The molecule has 306 valence electrons. The highest BCUT2D eigenvalue weighted by Crippen LogP contribution is 2.50. The molecule has 1 spiro atoms. The smallest absolute Gasteiger partial charge is 0.262 e. The van der Waals surface area contributed by atoms with E-state index in [1.54, 1.807) is 42.3 Å². The van der Waals surface area contributed by atoms with Crippen molar-refractivity contribution in [3.63, 3.8) is 0 Å². The molecule has 1 saturated carbocycles. The Morgan fingerprint density at radius 1 is 0.983 bits per heavy atom. The van der Waals surface area contributed by atoms with Crippen LogP contribution in [0, 0.1) is 17.0 Å². The van der Waals surface area contributed by atoms with Crippen molar-refractivity contribution >= 4 is 46.1 Å². The number of rotatable bonds is 8. The monoisotopic (exact) mass is 812 g/mol. The van der Waals surface area contributed by atoms with Gasteiger partial charge >= 0.3 is 0 Å². The summed E-state index contributed by atoms with van der Waals surface area (Å²) in [5.41, 5.74) is 4.06. The van der Waals surface area contributed by atoms with Gasteiger partial charge in [-0.1, -0.05) is 6.07 Å². The summed E-state index contributed by atoms with van der Waals surface area (Å²) in [6, 6.07) is 6.70. The van der Waals surface area contributed by atoms with Crippen LogP contribution in [-0.2, 0) is 33.9 Å². The lowest BCUT2D eigenvalue weighted by Gasteiger charge is -2.59. The molecule has 10 rings (SSSR count). The number of anilines is 1. The number of H-pyrrole nitrogens is 1. The van der Waals surface area contributed by atoms with Crippen LogP contribution in [0.5, 0.6) is 0 Å². The van der Waals surface area contributed by atoms with Crippen molar-refractivity contribution in [3.05, 3.63) is 93.2 Å². The normalized spacial score (nSPS) is 24.1. The zero-order chi connectivity index (χ0) is 41.1. The van der Waals surface area contributed by atoms with E-state index in [-0.39, 0.29) is 72.2 Å². The van der Waals surface area contributed by atoms with Gasteiger partial charge in [0.2, 0.25) is 17.7 Å². The molecular weight excluding hydrogens is 773 g/mol. The second kappa shape index (κ2) is 13.7. The second-order valence-corrected chi connectivity index (χ2v) is 17.1. The number of imide groups is 2. The van der Waals surface area contributed by atoms with Gasteiger partial charge in [-0.25, -0.2) is 17.6 Å². The van der Waals surface area contributed by atoms with E-state index < -0.39 is 66.4 Å². The summed E-state index contributed by atoms with van der Waals surface area (Å²) in [5, 5.41) is 13.3. The summed E-state index contributed by atoms with van der Waals surface area (Å²) in [7, 11) is 0. The number of piperidine rings is 1. The molecule has 0 bridgehead atoms. The average Bonchev–Trinajstić information content (AvgIpc) is 3.86. The molecule has 2 saturated heterocycles. The molecule has 3 fully saturated rings. The fraction of sp³-hybridized carbons (Fsp3) is 0.429. The van der Waals surface area contributed by atoms with Crippen molar-refractivity contribution < 1.29 is 41.5 Å². The molecule has 6 heterocycles. The summed E-state index contributed by atoms with van der Waals surface area (Å²) in [6.45, 7) is 3.30. The first-order chi connectivity index (χ1) is 28.3. The van der Waals surface area contributed by atoms with Crippen molar-refractivity contribution in [2.45, 2.75) is 82.7 Å². The number of aromatic amines is 1. The summed E-state index contributed by atoms with van der Waals surface area (Å²) in [5.74, 6) is -4.00. The molecule has 6 aliphatic rings. The predicted octanol–water partition coefficient (Wildman–Crippen LogP) is 4.26. The summed E-state index contributed by atoms with van der Waals surface area (Å²) >= 11 is 0. The van der Waals surface area contributed by atoms with Gasteiger partial charge in [-0.05, 0) is 90.6 Å². The third-order valence-corrected chi connectivity index (χ3v) is 13.2. The number of likely N-dealkylation sites (tertiary alicyclic amines) is 1. The Bertz CT molecular complexity index is 2430. The average molecular weight is 813 g/mol.